The van der Waals surface area contributed by atoms with Crippen molar-refractivity contribution in [3.05, 3.63) is 124 Å². The van der Waals surface area contributed by atoms with Crippen LogP contribution in [-0.2, 0) is 32.6 Å². The van der Waals surface area contributed by atoms with E-state index in [4.69, 9.17) is 27.9 Å². The van der Waals surface area contributed by atoms with Crippen molar-refractivity contribution in [1.82, 2.24) is 10.2 Å². The zero-order valence-electron chi connectivity index (χ0n) is 25.2. The zero-order valence-corrected chi connectivity index (χ0v) is 27.5. The molecule has 45 heavy (non-hydrogen) atoms. The summed E-state index contributed by atoms with van der Waals surface area (Å²) in [5, 5.41) is 3.65. The first-order valence-electron chi connectivity index (χ1n) is 14.3. The molecule has 0 spiro atoms. The summed E-state index contributed by atoms with van der Waals surface area (Å²) in [4.78, 5) is 29.7. The molecule has 0 heterocycles. The van der Waals surface area contributed by atoms with Gasteiger partial charge in [0.2, 0.25) is 11.8 Å². The van der Waals surface area contributed by atoms with Gasteiger partial charge in [0.15, 0.2) is 0 Å². The average molecular weight is 669 g/mol. The van der Waals surface area contributed by atoms with E-state index in [1.165, 1.54) is 36.3 Å². The summed E-state index contributed by atoms with van der Waals surface area (Å²) in [5.41, 5.74) is 1.58. The van der Waals surface area contributed by atoms with E-state index in [1.807, 2.05) is 44.2 Å². The standard InChI is InChI=1S/C34H35Cl2N3O5S/c1-24(2)37-34(41)31(20-25-11-6-4-7-12-25)38(22-26-13-10-14-27(35)19-26)33(40)23-39(30-21-28(36)17-18-32(30)44-3)45(42,43)29-15-8-5-9-16-29/h4-19,21,24,31H,20,22-23H2,1-3H3,(H,37,41)/t31-/m0/s1. The zero-order chi connectivity index (χ0) is 32.6. The van der Waals surface area contributed by atoms with Crippen LogP contribution in [0.1, 0.15) is 25.0 Å². The number of nitrogens with zero attached hydrogens (tertiary/aromatic N) is 2. The molecule has 0 radical (unpaired) electrons. The number of methoxy groups -OCH3 is 1. The largest absolute Gasteiger partial charge is 0.495 e. The molecule has 4 aromatic carbocycles. The van der Waals surface area contributed by atoms with Gasteiger partial charge in [0.25, 0.3) is 10.0 Å². The molecule has 0 aliphatic carbocycles. The van der Waals surface area contributed by atoms with E-state index in [0.717, 1.165) is 9.87 Å². The minimum atomic E-state index is -4.31. The Kier molecular flexibility index (Phi) is 11.5. The molecule has 0 aliphatic heterocycles. The van der Waals surface area contributed by atoms with Gasteiger partial charge in [-0.2, -0.15) is 0 Å². The number of ether oxygens (including phenoxy) is 1. The van der Waals surface area contributed by atoms with Gasteiger partial charge in [-0.3, -0.25) is 13.9 Å². The summed E-state index contributed by atoms with van der Waals surface area (Å²) in [6.07, 6.45) is 0.192. The Morgan fingerprint density at radius 1 is 0.822 bits per heavy atom. The van der Waals surface area contributed by atoms with E-state index in [2.05, 4.69) is 5.32 Å². The fourth-order valence-corrected chi connectivity index (χ4v) is 6.67. The first-order valence-corrected chi connectivity index (χ1v) is 16.5. The molecular weight excluding hydrogens is 633 g/mol. The predicted octanol–water partition coefficient (Wildman–Crippen LogP) is 6.36. The van der Waals surface area contributed by atoms with Gasteiger partial charge in [-0.1, -0.05) is 83.9 Å². The normalized spacial score (nSPS) is 12.0. The first-order chi connectivity index (χ1) is 21.5. The van der Waals surface area contributed by atoms with Gasteiger partial charge in [0, 0.05) is 29.1 Å². The predicted molar refractivity (Wildman–Crippen MR) is 178 cm³/mol. The Morgan fingerprint density at radius 3 is 2.07 bits per heavy atom. The van der Waals surface area contributed by atoms with Gasteiger partial charge in [0.1, 0.15) is 18.3 Å². The Labute approximate surface area is 274 Å². The molecule has 236 valence electrons. The highest BCUT2D eigenvalue weighted by atomic mass is 35.5. The van der Waals surface area contributed by atoms with Gasteiger partial charge in [-0.25, -0.2) is 8.42 Å². The molecule has 4 rings (SSSR count). The van der Waals surface area contributed by atoms with E-state index >= 15 is 0 Å². The smallest absolute Gasteiger partial charge is 0.264 e. The molecule has 0 fully saturated rings. The van der Waals surface area contributed by atoms with Crippen LogP contribution in [0, 0.1) is 0 Å². The van der Waals surface area contributed by atoms with Crippen LogP contribution in [0.15, 0.2) is 108 Å². The molecule has 0 unspecified atom stereocenters. The Morgan fingerprint density at radius 2 is 1.44 bits per heavy atom. The number of rotatable bonds is 13. The second-order valence-electron chi connectivity index (χ2n) is 10.7. The van der Waals surface area contributed by atoms with Crippen LogP contribution in [0.3, 0.4) is 0 Å². The van der Waals surface area contributed by atoms with E-state index < -0.39 is 28.5 Å². The van der Waals surface area contributed by atoms with Crippen molar-refractivity contribution in [1.29, 1.82) is 0 Å². The molecule has 11 heteroatoms. The summed E-state index contributed by atoms with van der Waals surface area (Å²) in [7, 11) is -2.91. The third-order valence-corrected chi connectivity index (χ3v) is 9.21. The Balaban J connectivity index is 1.85. The van der Waals surface area contributed by atoms with Gasteiger partial charge in [0.05, 0.1) is 17.7 Å². The summed E-state index contributed by atoms with van der Waals surface area (Å²) in [6, 6.07) is 27.4. The summed E-state index contributed by atoms with van der Waals surface area (Å²) >= 11 is 12.6. The molecule has 8 nitrogen and oxygen atoms in total. The van der Waals surface area contributed by atoms with Crippen molar-refractivity contribution in [2.75, 3.05) is 18.0 Å². The first kappa shape index (κ1) is 33.8. The highest BCUT2D eigenvalue weighted by Crippen LogP contribution is 2.35. The van der Waals surface area contributed by atoms with Crippen LogP contribution in [0.25, 0.3) is 0 Å². The molecule has 1 atom stereocenters. The molecular formula is C34H35Cl2N3O5S. The lowest BCUT2D eigenvalue weighted by atomic mass is 10.0. The maximum atomic E-state index is 14.5. The van der Waals surface area contributed by atoms with E-state index in [-0.39, 0.29) is 46.3 Å². The third-order valence-electron chi connectivity index (χ3n) is 6.96. The van der Waals surface area contributed by atoms with Gasteiger partial charge >= 0.3 is 0 Å². The molecule has 4 aromatic rings. The molecule has 0 saturated carbocycles. The summed E-state index contributed by atoms with van der Waals surface area (Å²) < 4.78 is 34.8. The molecule has 0 aliphatic rings. The van der Waals surface area contributed by atoms with Crippen LogP contribution in [0.2, 0.25) is 10.0 Å². The van der Waals surface area contributed by atoms with Crippen molar-refractivity contribution < 1.29 is 22.7 Å². The van der Waals surface area contributed by atoms with Crippen LogP contribution in [0.5, 0.6) is 5.75 Å². The maximum absolute atomic E-state index is 14.5. The number of nitrogens with one attached hydrogen (secondary N) is 1. The maximum Gasteiger partial charge on any atom is 0.264 e. The van der Waals surface area contributed by atoms with Crippen molar-refractivity contribution in [3.63, 3.8) is 0 Å². The monoisotopic (exact) mass is 667 g/mol. The fraction of sp³-hybridized carbons (Fsp3) is 0.235. The topological polar surface area (TPSA) is 96.0 Å². The molecule has 1 N–H and O–H groups in total. The fourth-order valence-electron chi connectivity index (χ4n) is 4.86. The van der Waals surface area contributed by atoms with Crippen molar-refractivity contribution in [2.45, 2.75) is 43.8 Å². The number of amides is 2. The van der Waals surface area contributed by atoms with Crippen LogP contribution >= 0.6 is 23.2 Å². The SMILES string of the molecule is COc1ccc(Cl)cc1N(CC(=O)N(Cc1cccc(Cl)c1)[C@@H](Cc1ccccc1)C(=O)NC(C)C)S(=O)(=O)c1ccccc1. The van der Waals surface area contributed by atoms with Gasteiger partial charge in [-0.05, 0) is 67.4 Å². The van der Waals surface area contributed by atoms with Crippen LogP contribution < -0.4 is 14.4 Å². The van der Waals surface area contributed by atoms with Crippen molar-refractivity contribution in [2.24, 2.45) is 0 Å². The quantitative estimate of drug-likeness (QED) is 0.179. The highest BCUT2D eigenvalue weighted by molar-refractivity contribution is 7.92. The lowest BCUT2D eigenvalue weighted by Gasteiger charge is -2.34. The number of carbonyl (C=O) groups excluding carboxylic acids is 2. The van der Waals surface area contributed by atoms with E-state index in [1.54, 1.807) is 48.5 Å². The number of sulfonamides is 1. The number of carbonyl (C=O) groups is 2. The molecule has 0 bridgehead atoms. The van der Waals surface area contributed by atoms with E-state index in [9.17, 15) is 18.0 Å². The number of hydrogen-bond donors (Lipinski definition) is 1. The summed E-state index contributed by atoms with van der Waals surface area (Å²) in [6.45, 7) is 3.02. The Bertz CT molecular complexity index is 1720. The molecule has 0 aromatic heterocycles. The second-order valence-corrected chi connectivity index (χ2v) is 13.4. The van der Waals surface area contributed by atoms with E-state index in [0.29, 0.717) is 10.6 Å². The lowest BCUT2D eigenvalue weighted by Crippen LogP contribution is -2.54. The molecule has 2 amide bonds. The minimum Gasteiger partial charge on any atom is -0.495 e. The lowest BCUT2D eigenvalue weighted by molar-refractivity contribution is -0.140. The second kappa shape index (κ2) is 15.3. The number of anilines is 1. The van der Waals surface area contributed by atoms with Crippen LogP contribution in [0.4, 0.5) is 5.69 Å². The highest BCUT2D eigenvalue weighted by Gasteiger charge is 2.35. The number of hydrogen-bond acceptors (Lipinski definition) is 5. The van der Waals surface area contributed by atoms with Crippen LogP contribution in [-0.4, -0.2) is 50.9 Å². The minimum absolute atomic E-state index is 0.00564. The van der Waals surface area contributed by atoms with Crippen molar-refractivity contribution in [3.8, 4) is 5.75 Å². The average Bonchev–Trinajstić information content (AvgIpc) is 3.02. The van der Waals surface area contributed by atoms with Gasteiger partial charge in [-0.15, -0.1) is 0 Å². The van der Waals surface area contributed by atoms with Gasteiger partial charge < -0.3 is 15.0 Å². The Hall–Kier alpha value is -4.05. The number of benzene rings is 4. The third kappa shape index (κ3) is 8.78. The summed E-state index contributed by atoms with van der Waals surface area (Å²) in [5.74, 6) is -0.787. The van der Waals surface area contributed by atoms with Crippen molar-refractivity contribution >= 4 is 50.7 Å². The molecule has 0 saturated heterocycles. The number of halogens is 2.